The van der Waals surface area contributed by atoms with Crippen molar-refractivity contribution < 1.29 is 14.7 Å². The number of ketones is 1. The Kier molecular flexibility index (Phi) is 2.32. The number of aromatic carboxylic acids is 1. The molecule has 0 heterocycles. The molecule has 0 unspecified atom stereocenters. The van der Waals surface area contributed by atoms with Crippen LogP contribution in [-0.4, -0.2) is 16.9 Å². The van der Waals surface area contributed by atoms with E-state index in [4.69, 9.17) is 10.8 Å². The number of carboxylic acid groups (broad SMARTS) is 1. The first-order valence-corrected chi connectivity index (χ1v) is 3.66. The van der Waals surface area contributed by atoms with Crippen molar-refractivity contribution in [2.45, 2.75) is 6.92 Å². The van der Waals surface area contributed by atoms with Crippen LogP contribution in [0, 0.1) is 0 Å². The smallest absolute Gasteiger partial charge is 0.335 e. The first kappa shape index (κ1) is 9.25. The maximum Gasteiger partial charge on any atom is 0.335 e. The van der Waals surface area contributed by atoms with E-state index in [9.17, 15) is 9.59 Å². The molecule has 0 fully saturated rings. The first-order valence-electron chi connectivity index (χ1n) is 3.66. The number of nitrogen functional groups attached to an aromatic ring is 1. The summed E-state index contributed by atoms with van der Waals surface area (Å²) in [6, 6.07) is 4.06. The van der Waals surface area contributed by atoms with Gasteiger partial charge in [0.1, 0.15) is 0 Å². The van der Waals surface area contributed by atoms with Crippen molar-refractivity contribution >= 4 is 17.4 Å². The molecule has 0 aliphatic heterocycles. The van der Waals surface area contributed by atoms with Gasteiger partial charge in [-0.25, -0.2) is 4.79 Å². The van der Waals surface area contributed by atoms with Gasteiger partial charge in [0.25, 0.3) is 0 Å². The van der Waals surface area contributed by atoms with E-state index in [1.54, 1.807) is 0 Å². The molecule has 4 heteroatoms. The Bertz CT molecular complexity index is 371. The number of carbonyl (C=O) groups is 2. The highest BCUT2D eigenvalue weighted by atomic mass is 16.4. The number of benzene rings is 1. The standard InChI is InChI=1S/C9H9NO3/c1-5(11)7-4-6(9(12)13)2-3-8(7)10/h2-4H,10H2,1H3,(H,12,13). The van der Waals surface area contributed by atoms with Gasteiger partial charge < -0.3 is 10.8 Å². The molecule has 1 aromatic rings. The lowest BCUT2D eigenvalue weighted by atomic mass is 10.1. The minimum absolute atomic E-state index is 0.0689. The molecule has 1 aromatic carbocycles. The Hall–Kier alpha value is -1.84. The second-order valence-electron chi connectivity index (χ2n) is 2.66. The molecule has 0 aliphatic rings. The third-order valence-electron chi connectivity index (χ3n) is 1.68. The fraction of sp³-hybridized carbons (Fsp3) is 0.111. The van der Waals surface area contributed by atoms with Gasteiger partial charge in [-0.05, 0) is 25.1 Å². The van der Waals surface area contributed by atoms with Crippen molar-refractivity contribution in [3.05, 3.63) is 29.3 Å². The summed E-state index contributed by atoms with van der Waals surface area (Å²) in [4.78, 5) is 21.5. The Morgan fingerprint density at radius 2 is 2.00 bits per heavy atom. The molecule has 3 N–H and O–H groups in total. The molecule has 0 saturated heterocycles. The largest absolute Gasteiger partial charge is 0.478 e. The molecule has 68 valence electrons. The van der Waals surface area contributed by atoms with Crippen LogP contribution in [0.25, 0.3) is 0 Å². The molecule has 0 aromatic heterocycles. The molecule has 0 bridgehead atoms. The van der Waals surface area contributed by atoms with Crippen LogP contribution >= 0.6 is 0 Å². The number of hydrogen-bond donors (Lipinski definition) is 2. The van der Waals surface area contributed by atoms with Gasteiger partial charge in [0.2, 0.25) is 0 Å². The second kappa shape index (κ2) is 3.26. The highest BCUT2D eigenvalue weighted by molar-refractivity contribution is 6.01. The topological polar surface area (TPSA) is 80.4 Å². The zero-order valence-corrected chi connectivity index (χ0v) is 7.07. The number of nitrogens with two attached hydrogens (primary N) is 1. The van der Waals surface area contributed by atoms with Crippen molar-refractivity contribution in [2.24, 2.45) is 0 Å². The Morgan fingerprint density at radius 1 is 1.38 bits per heavy atom. The third kappa shape index (κ3) is 1.84. The predicted octanol–water partition coefficient (Wildman–Crippen LogP) is 1.17. The number of anilines is 1. The SMILES string of the molecule is CC(=O)c1cc(C(=O)O)ccc1N. The Labute approximate surface area is 75.0 Å². The highest BCUT2D eigenvalue weighted by Gasteiger charge is 2.09. The lowest BCUT2D eigenvalue weighted by Gasteiger charge is -2.02. The van der Waals surface area contributed by atoms with Crippen LogP contribution in [0.3, 0.4) is 0 Å². The fourth-order valence-corrected chi connectivity index (χ4v) is 0.994. The van der Waals surface area contributed by atoms with Gasteiger partial charge in [0.05, 0.1) is 5.56 Å². The van der Waals surface area contributed by atoms with E-state index in [1.165, 1.54) is 25.1 Å². The molecule has 13 heavy (non-hydrogen) atoms. The quantitative estimate of drug-likeness (QED) is 0.527. The van der Waals surface area contributed by atoms with Crippen LogP contribution < -0.4 is 5.73 Å². The summed E-state index contributed by atoms with van der Waals surface area (Å²) >= 11 is 0. The summed E-state index contributed by atoms with van der Waals surface area (Å²) in [6.45, 7) is 1.34. The number of carbonyl (C=O) groups excluding carboxylic acids is 1. The van der Waals surface area contributed by atoms with Crippen LogP contribution in [0.2, 0.25) is 0 Å². The third-order valence-corrected chi connectivity index (χ3v) is 1.68. The summed E-state index contributed by atoms with van der Waals surface area (Å²) in [5.41, 5.74) is 6.10. The van der Waals surface area contributed by atoms with Crippen LogP contribution in [0.1, 0.15) is 27.6 Å². The van der Waals surface area contributed by atoms with Gasteiger partial charge in [-0.3, -0.25) is 4.79 Å². The van der Waals surface area contributed by atoms with E-state index in [0.717, 1.165) is 0 Å². The molecular weight excluding hydrogens is 170 g/mol. The molecule has 0 atom stereocenters. The lowest BCUT2D eigenvalue weighted by Crippen LogP contribution is -2.03. The normalized spacial score (nSPS) is 9.62. The zero-order chi connectivity index (χ0) is 10.0. The van der Waals surface area contributed by atoms with Gasteiger partial charge in [-0.1, -0.05) is 0 Å². The average Bonchev–Trinajstić information content (AvgIpc) is 2.04. The Morgan fingerprint density at radius 3 is 2.46 bits per heavy atom. The van der Waals surface area contributed by atoms with Crippen LogP contribution in [-0.2, 0) is 0 Å². The number of hydrogen-bond acceptors (Lipinski definition) is 3. The van der Waals surface area contributed by atoms with Gasteiger partial charge in [0, 0.05) is 11.3 Å². The summed E-state index contributed by atoms with van der Waals surface area (Å²) in [7, 11) is 0. The molecule has 1 rings (SSSR count). The minimum atomic E-state index is -1.07. The van der Waals surface area contributed by atoms with Crippen molar-refractivity contribution in [1.82, 2.24) is 0 Å². The molecule has 0 amide bonds. The monoisotopic (exact) mass is 179 g/mol. The number of Topliss-reactive ketones (excluding diaryl/α,β-unsaturated/α-hetero) is 1. The van der Waals surface area contributed by atoms with Crippen LogP contribution in [0.15, 0.2) is 18.2 Å². The lowest BCUT2D eigenvalue weighted by molar-refractivity contribution is 0.0697. The summed E-state index contributed by atoms with van der Waals surface area (Å²) in [6.07, 6.45) is 0. The van der Waals surface area contributed by atoms with Crippen molar-refractivity contribution in [1.29, 1.82) is 0 Å². The number of rotatable bonds is 2. The van der Waals surface area contributed by atoms with E-state index in [1.807, 2.05) is 0 Å². The van der Waals surface area contributed by atoms with Crippen molar-refractivity contribution in [2.75, 3.05) is 5.73 Å². The minimum Gasteiger partial charge on any atom is -0.478 e. The highest BCUT2D eigenvalue weighted by Crippen LogP contribution is 2.14. The molecule has 0 spiro atoms. The molecular formula is C9H9NO3. The fourth-order valence-electron chi connectivity index (χ4n) is 0.994. The van der Waals surface area contributed by atoms with Gasteiger partial charge in [-0.15, -0.1) is 0 Å². The van der Waals surface area contributed by atoms with Crippen molar-refractivity contribution in [3.63, 3.8) is 0 Å². The summed E-state index contributed by atoms with van der Waals surface area (Å²) < 4.78 is 0. The van der Waals surface area contributed by atoms with Crippen molar-refractivity contribution in [3.8, 4) is 0 Å². The van der Waals surface area contributed by atoms with Gasteiger partial charge in [0.15, 0.2) is 5.78 Å². The van der Waals surface area contributed by atoms with Crippen LogP contribution in [0.5, 0.6) is 0 Å². The van der Waals surface area contributed by atoms with Crippen LogP contribution in [0.4, 0.5) is 5.69 Å². The molecule has 0 saturated carbocycles. The summed E-state index contributed by atoms with van der Waals surface area (Å²) in [5.74, 6) is -1.30. The van der Waals surface area contributed by atoms with E-state index in [0.29, 0.717) is 5.69 Å². The average molecular weight is 179 g/mol. The van der Waals surface area contributed by atoms with E-state index < -0.39 is 5.97 Å². The van der Waals surface area contributed by atoms with E-state index in [2.05, 4.69) is 0 Å². The van der Waals surface area contributed by atoms with Gasteiger partial charge in [-0.2, -0.15) is 0 Å². The summed E-state index contributed by atoms with van der Waals surface area (Å²) in [5, 5.41) is 8.63. The second-order valence-corrected chi connectivity index (χ2v) is 2.66. The Balaban J connectivity index is 3.27. The molecule has 0 radical (unpaired) electrons. The van der Waals surface area contributed by atoms with E-state index in [-0.39, 0.29) is 16.9 Å². The first-order chi connectivity index (χ1) is 6.02. The number of carboxylic acids is 1. The van der Waals surface area contributed by atoms with E-state index >= 15 is 0 Å². The van der Waals surface area contributed by atoms with Gasteiger partial charge >= 0.3 is 5.97 Å². The zero-order valence-electron chi connectivity index (χ0n) is 7.07. The molecule has 0 aliphatic carbocycles. The maximum absolute atomic E-state index is 11.0. The predicted molar refractivity (Wildman–Crippen MR) is 47.8 cm³/mol. The maximum atomic E-state index is 11.0. The molecule has 4 nitrogen and oxygen atoms in total.